The summed E-state index contributed by atoms with van der Waals surface area (Å²) in [4.78, 5) is 10.9. The molecular formula is C11H14N2O3S. The van der Waals surface area contributed by atoms with E-state index >= 15 is 0 Å². The minimum atomic E-state index is -3.53. The number of sulfonamides is 1. The zero-order valence-electron chi connectivity index (χ0n) is 9.67. The Labute approximate surface area is 101 Å². The third-order valence-corrected chi connectivity index (χ3v) is 3.88. The van der Waals surface area contributed by atoms with Crippen LogP contribution in [0.1, 0.15) is 6.92 Å². The number of carbonyl (C=O) groups excluding carboxylic acids is 1. The zero-order chi connectivity index (χ0) is 13.1. The van der Waals surface area contributed by atoms with Crippen LogP contribution in [0.3, 0.4) is 0 Å². The van der Waals surface area contributed by atoms with Crippen molar-refractivity contribution in [2.24, 2.45) is 0 Å². The van der Waals surface area contributed by atoms with Crippen LogP contribution in [-0.2, 0) is 14.8 Å². The van der Waals surface area contributed by atoms with Crippen molar-refractivity contribution in [2.75, 3.05) is 12.4 Å². The molecular weight excluding hydrogens is 240 g/mol. The second-order valence-corrected chi connectivity index (χ2v) is 5.41. The molecule has 1 N–H and O–H groups in total. The van der Waals surface area contributed by atoms with Crippen LogP contribution < -0.4 is 5.32 Å². The summed E-state index contributed by atoms with van der Waals surface area (Å²) in [5, 5.41) is 2.56. The topological polar surface area (TPSA) is 66.5 Å². The lowest BCUT2D eigenvalue weighted by atomic mass is 10.3. The van der Waals surface area contributed by atoms with Gasteiger partial charge >= 0.3 is 0 Å². The number of amides is 1. The van der Waals surface area contributed by atoms with Gasteiger partial charge in [0.15, 0.2) is 0 Å². The molecule has 0 aliphatic heterocycles. The molecule has 17 heavy (non-hydrogen) atoms. The molecule has 1 aromatic rings. The van der Waals surface area contributed by atoms with Crippen molar-refractivity contribution in [3.63, 3.8) is 0 Å². The van der Waals surface area contributed by atoms with Crippen molar-refractivity contribution in [1.82, 2.24) is 4.31 Å². The first-order valence-corrected chi connectivity index (χ1v) is 6.30. The lowest BCUT2D eigenvalue weighted by Crippen LogP contribution is -2.21. The van der Waals surface area contributed by atoms with Gasteiger partial charge in [-0.2, -0.15) is 0 Å². The van der Waals surface area contributed by atoms with E-state index in [0.717, 1.165) is 4.31 Å². The molecule has 6 heteroatoms. The molecule has 0 fully saturated rings. The first kappa shape index (κ1) is 13.2. The van der Waals surface area contributed by atoms with Gasteiger partial charge in [0.1, 0.15) is 0 Å². The van der Waals surface area contributed by atoms with Crippen molar-refractivity contribution >= 4 is 21.6 Å². The van der Waals surface area contributed by atoms with Gasteiger partial charge < -0.3 is 5.32 Å². The molecule has 0 atom stereocenters. The molecule has 1 aromatic carbocycles. The van der Waals surface area contributed by atoms with Gasteiger partial charge in [-0.25, -0.2) is 8.42 Å². The summed E-state index contributed by atoms with van der Waals surface area (Å²) in [6, 6.07) is 5.93. The van der Waals surface area contributed by atoms with Crippen molar-refractivity contribution in [1.29, 1.82) is 0 Å². The van der Waals surface area contributed by atoms with Crippen LogP contribution in [0, 0.1) is 0 Å². The lowest BCUT2D eigenvalue weighted by molar-refractivity contribution is -0.114. The summed E-state index contributed by atoms with van der Waals surface area (Å²) in [5.41, 5.74) is 0.553. The van der Waals surface area contributed by atoms with E-state index in [1.165, 1.54) is 44.4 Å². The number of carbonyl (C=O) groups is 1. The van der Waals surface area contributed by atoms with E-state index in [4.69, 9.17) is 0 Å². The minimum Gasteiger partial charge on any atom is -0.326 e. The largest absolute Gasteiger partial charge is 0.326 e. The highest BCUT2D eigenvalue weighted by molar-refractivity contribution is 7.89. The second-order valence-electron chi connectivity index (χ2n) is 3.41. The van der Waals surface area contributed by atoms with Crippen molar-refractivity contribution in [2.45, 2.75) is 11.8 Å². The molecule has 1 amide bonds. The fourth-order valence-corrected chi connectivity index (χ4v) is 2.19. The van der Waals surface area contributed by atoms with Gasteiger partial charge in [-0.05, 0) is 24.3 Å². The molecule has 0 saturated heterocycles. The Morgan fingerprint density at radius 1 is 1.35 bits per heavy atom. The summed E-state index contributed by atoms with van der Waals surface area (Å²) < 4.78 is 24.8. The summed E-state index contributed by atoms with van der Waals surface area (Å²) >= 11 is 0. The molecule has 0 saturated carbocycles. The average Bonchev–Trinajstić information content (AvgIpc) is 2.27. The van der Waals surface area contributed by atoms with Crippen LogP contribution in [0.5, 0.6) is 0 Å². The van der Waals surface area contributed by atoms with E-state index in [1.807, 2.05) is 0 Å². The smallest absolute Gasteiger partial charge is 0.263 e. The van der Waals surface area contributed by atoms with Gasteiger partial charge in [-0.15, -0.1) is 0 Å². The van der Waals surface area contributed by atoms with Crippen LogP contribution in [0.15, 0.2) is 41.9 Å². The Morgan fingerprint density at radius 3 is 2.29 bits per heavy atom. The Morgan fingerprint density at radius 2 is 1.88 bits per heavy atom. The summed E-state index contributed by atoms with van der Waals surface area (Å²) in [7, 11) is -2.12. The van der Waals surface area contributed by atoms with E-state index in [2.05, 4.69) is 11.9 Å². The Kier molecular flexibility index (Phi) is 3.90. The highest BCUT2D eigenvalue weighted by Crippen LogP contribution is 2.17. The molecule has 0 aliphatic rings. The number of hydrogen-bond donors (Lipinski definition) is 1. The molecule has 5 nitrogen and oxygen atoms in total. The summed E-state index contributed by atoms with van der Waals surface area (Å²) in [5.74, 6) is -0.205. The first-order valence-electron chi connectivity index (χ1n) is 4.86. The van der Waals surface area contributed by atoms with E-state index in [1.54, 1.807) is 0 Å². The van der Waals surface area contributed by atoms with E-state index in [-0.39, 0.29) is 10.8 Å². The lowest BCUT2D eigenvalue weighted by Gasteiger charge is -2.14. The average molecular weight is 254 g/mol. The quantitative estimate of drug-likeness (QED) is 0.883. The van der Waals surface area contributed by atoms with Crippen LogP contribution in [0.4, 0.5) is 5.69 Å². The van der Waals surface area contributed by atoms with E-state index < -0.39 is 10.0 Å². The van der Waals surface area contributed by atoms with Gasteiger partial charge in [0.2, 0.25) is 5.91 Å². The molecule has 0 heterocycles. The summed E-state index contributed by atoms with van der Waals surface area (Å²) in [6.45, 7) is 4.78. The number of nitrogens with one attached hydrogen (secondary N) is 1. The predicted octanol–water partition coefficient (Wildman–Crippen LogP) is 1.41. The molecule has 92 valence electrons. The van der Waals surface area contributed by atoms with Crippen molar-refractivity contribution < 1.29 is 13.2 Å². The normalized spacial score (nSPS) is 10.7. The predicted molar refractivity (Wildman–Crippen MR) is 65.9 cm³/mol. The molecule has 0 spiro atoms. The van der Waals surface area contributed by atoms with Crippen LogP contribution >= 0.6 is 0 Å². The Balaban J connectivity index is 3.03. The standard InChI is InChI=1S/C11H14N2O3S/c1-4-13(3)17(15,16)11-7-5-10(6-8-11)12-9(2)14/h4-8H,1H2,2-3H3,(H,12,14). The molecule has 0 radical (unpaired) electrons. The molecule has 0 aromatic heterocycles. The van der Waals surface area contributed by atoms with Crippen LogP contribution in [0.2, 0.25) is 0 Å². The van der Waals surface area contributed by atoms with Crippen molar-refractivity contribution in [3.8, 4) is 0 Å². The third kappa shape index (κ3) is 3.07. The van der Waals surface area contributed by atoms with Crippen LogP contribution in [0.25, 0.3) is 0 Å². The van der Waals surface area contributed by atoms with Crippen molar-refractivity contribution in [3.05, 3.63) is 37.0 Å². The number of rotatable bonds is 4. The van der Waals surface area contributed by atoms with E-state index in [0.29, 0.717) is 5.69 Å². The second kappa shape index (κ2) is 5.01. The minimum absolute atomic E-state index is 0.147. The highest BCUT2D eigenvalue weighted by atomic mass is 32.2. The number of benzene rings is 1. The maximum absolute atomic E-state index is 11.9. The zero-order valence-corrected chi connectivity index (χ0v) is 10.5. The highest BCUT2D eigenvalue weighted by Gasteiger charge is 2.17. The number of anilines is 1. The van der Waals surface area contributed by atoms with Gasteiger partial charge in [0.05, 0.1) is 4.90 Å². The number of hydrogen-bond acceptors (Lipinski definition) is 3. The molecule has 1 rings (SSSR count). The number of nitrogens with zero attached hydrogens (tertiary/aromatic N) is 1. The fraction of sp³-hybridized carbons (Fsp3) is 0.182. The monoisotopic (exact) mass is 254 g/mol. The van der Waals surface area contributed by atoms with Gasteiger partial charge in [0, 0.05) is 25.9 Å². The van der Waals surface area contributed by atoms with Gasteiger partial charge in [-0.1, -0.05) is 6.58 Å². The molecule has 0 bridgehead atoms. The first-order chi connectivity index (χ1) is 7.87. The third-order valence-electron chi connectivity index (χ3n) is 2.11. The fourth-order valence-electron chi connectivity index (χ4n) is 1.18. The SMILES string of the molecule is C=CN(C)S(=O)(=O)c1ccc(NC(C)=O)cc1. The Hall–Kier alpha value is -1.82. The molecule has 0 unspecified atom stereocenters. The maximum Gasteiger partial charge on any atom is 0.263 e. The van der Waals surface area contributed by atoms with Gasteiger partial charge in [0.25, 0.3) is 10.0 Å². The van der Waals surface area contributed by atoms with Crippen LogP contribution in [-0.4, -0.2) is 25.7 Å². The maximum atomic E-state index is 11.9. The van der Waals surface area contributed by atoms with E-state index in [9.17, 15) is 13.2 Å². The van der Waals surface area contributed by atoms with Gasteiger partial charge in [-0.3, -0.25) is 9.10 Å². The molecule has 0 aliphatic carbocycles. The summed E-state index contributed by atoms with van der Waals surface area (Å²) in [6.07, 6.45) is 1.22. The Bertz CT molecular complexity index is 520.